The zero-order valence-corrected chi connectivity index (χ0v) is 11.7. The van der Waals surface area contributed by atoms with Gasteiger partial charge in [0.1, 0.15) is 5.82 Å². The van der Waals surface area contributed by atoms with Crippen molar-refractivity contribution < 1.29 is 27.5 Å². The summed E-state index contributed by atoms with van der Waals surface area (Å²) in [6.45, 7) is 0.0445. The molecule has 0 aromatic heterocycles. The summed E-state index contributed by atoms with van der Waals surface area (Å²) >= 11 is 0. The van der Waals surface area contributed by atoms with Gasteiger partial charge in [-0.15, -0.1) is 0 Å². The molecule has 0 aliphatic carbocycles. The Morgan fingerprint density at radius 1 is 1.24 bits per heavy atom. The number of nitrogens with one attached hydrogen (secondary N) is 1. The summed E-state index contributed by atoms with van der Waals surface area (Å²) < 4.78 is 36.1. The molecule has 1 aliphatic rings. The first-order valence-electron chi connectivity index (χ1n) is 6.08. The molecule has 2 amide bonds. The zero-order valence-electron chi connectivity index (χ0n) is 10.9. The SMILES string of the molecule is O=C(O)c1ccc(F)c(NC(=O)N2CCS(=O)(=O)CC2)c1. The number of urea groups is 1. The second-order valence-electron chi connectivity index (χ2n) is 4.57. The van der Waals surface area contributed by atoms with Crippen LogP contribution < -0.4 is 5.32 Å². The number of halogens is 1. The van der Waals surface area contributed by atoms with Gasteiger partial charge in [0.25, 0.3) is 0 Å². The van der Waals surface area contributed by atoms with E-state index in [2.05, 4.69) is 5.32 Å². The number of sulfone groups is 1. The average Bonchev–Trinajstić information content (AvgIpc) is 2.40. The Hall–Kier alpha value is -2.16. The van der Waals surface area contributed by atoms with Crippen molar-refractivity contribution in [2.24, 2.45) is 0 Å². The Labute approximate surface area is 120 Å². The van der Waals surface area contributed by atoms with E-state index < -0.39 is 27.7 Å². The van der Waals surface area contributed by atoms with Crippen LogP contribution in [0.4, 0.5) is 14.9 Å². The van der Waals surface area contributed by atoms with Crippen molar-refractivity contribution >= 4 is 27.5 Å². The lowest BCUT2D eigenvalue weighted by Gasteiger charge is -2.26. The Kier molecular flexibility index (Phi) is 4.12. The van der Waals surface area contributed by atoms with Crippen molar-refractivity contribution in [1.82, 2.24) is 4.90 Å². The quantitative estimate of drug-likeness (QED) is 0.839. The molecule has 9 heteroatoms. The summed E-state index contributed by atoms with van der Waals surface area (Å²) in [6.07, 6.45) is 0. The van der Waals surface area contributed by atoms with Gasteiger partial charge in [0.05, 0.1) is 22.8 Å². The first-order valence-corrected chi connectivity index (χ1v) is 7.90. The van der Waals surface area contributed by atoms with Crippen molar-refractivity contribution in [3.63, 3.8) is 0 Å². The fourth-order valence-electron chi connectivity index (χ4n) is 1.86. The number of hydrogen-bond donors (Lipinski definition) is 2. The van der Waals surface area contributed by atoms with Crippen molar-refractivity contribution in [3.05, 3.63) is 29.6 Å². The number of amides is 2. The Bertz CT molecular complexity index is 675. The van der Waals surface area contributed by atoms with E-state index in [-0.39, 0.29) is 35.8 Å². The molecule has 1 saturated heterocycles. The number of carbonyl (C=O) groups excluding carboxylic acids is 1. The third-order valence-electron chi connectivity index (χ3n) is 3.09. The minimum Gasteiger partial charge on any atom is -0.478 e. The summed E-state index contributed by atoms with van der Waals surface area (Å²) in [7, 11) is -3.12. The van der Waals surface area contributed by atoms with Gasteiger partial charge in [-0.05, 0) is 18.2 Å². The van der Waals surface area contributed by atoms with Crippen molar-refractivity contribution in [3.8, 4) is 0 Å². The van der Waals surface area contributed by atoms with Crippen LogP contribution in [-0.4, -0.2) is 55.0 Å². The number of anilines is 1. The molecular formula is C12H13FN2O5S. The highest BCUT2D eigenvalue weighted by molar-refractivity contribution is 7.91. The van der Waals surface area contributed by atoms with E-state index in [1.165, 1.54) is 4.90 Å². The molecule has 2 rings (SSSR count). The number of carboxylic acid groups (broad SMARTS) is 1. The molecule has 1 heterocycles. The van der Waals surface area contributed by atoms with E-state index in [0.29, 0.717) is 0 Å². The molecule has 1 aliphatic heterocycles. The van der Waals surface area contributed by atoms with Crippen LogP contribution >= 0.6 is 0 Å². The Morgan fingerprint density at radius 2 is 1.86 bits per heavy atom. The average molecular weight is 316 g/mol. The molecule has 0 saturated carbocycles. The van der Waals surface area contributed by atoms with E-state index in [1.807, 2.05) is 0 Å². The molecule has 0 atom stereocenters. The van der Waals surface area contributed by atoms with Crippen LogP contribution in [0.5, 0.6) is 0 Å². The third kappa shape index (κ3) is 3.69. The molecule has 1 fully saturated rings. The highest BCUT2D eigenvalue weighted by Gasteiger charge is 2.25. The van der Waals surface area contributed by atoms with Crippen molar-refractivity contribution in [1.29, 1.82) is 0 Å². The van der Waals surface area contributed by atoms with Crippen LogP contribution in [0.1, 0.15) is 10.4 Å². The number of benzene rings is 1. The van der Waals surface area contributed by atoms with Gasteiger partial charge in [0.2, 0.25) is 0 Å². The zero-order chi connectivity index (χ0) is 15.6. The third-order valence-corrected chi connectivity index (χ3v) is 4.70. The predicted molar refractivity (Wildman–Crippen MR) is 72.6 cm³/mol. The largest absolute Gasteiger partial charge is 0.478 e. The number of carboxylic acids is 1. The Balaban J connectivity index is 2.09. The van der Waals surface area contributed by atoms with E-state index in [1.54, 1.807) is 0 Å². The lowest BCUT2D eigenvalue weighted by atomic mass is 10.2. The van der Waals surface area contributed by atoms with Gasteiger partial charge >= 0.3 is 12.0 Å². The van der Waals surface area contributed by atoms with E-state index in [9.17, 15) is 22.4 Å². The van der Waals surface area contributed by atoms with Crippen molar-refractivity contribution in [2.75, 3.05) is 29.9 Å². The van der Waals surface area contributed by atoms with Crippen LogP contribution in [0.25, 0.3) is 0 Å². The summed E-state index contributed by atoms with van der Waals surface area (Å²) in [5.41, 5.74) is -0.416. The lowest BCUT2D eigenvalue weighted by molar-refractivity contribution is 0.0697. The monoisotopic (exact) mass is 316 g/mol. The van der Waals surface area contributed by atoms with Gasteiger partial charge in [-0.3, -0.25) is 0 Å². The minimum absolute atomic E-state index is 0.0222. The molecule has 0 unspecified atom stereocenters. The number of rotatable bonds is 2. The fraction of sp³-hybridized carbons (Fsp3) is 0.333. The summed E-state index contributed by atoms with van der Waals surface area (Å²) in [5.74, 6) is -2.29. The second kappa shape index (κ2) is 5.68. The molecule has 0 bridgehead atoms. The first-order chi connectivity index (χ1) is 9.78. The molecule has 0 spiro atoms. The van der Waals surface area contributed by atoms with Gasteiger partial charge in [-0.25, -0.2) is 22.4 Å². The van der Waals surface area contributed by atoms with Crippen LogP contribution in [0.2, 0.25) is 0 Å². The summed E-state index contributed by atoms with van der Waals surface area (Å²) in [4.78, 5) is 24.0. The van der Waals surface area contributed by atoms with E-state index in [4.69, 9.17) is 5.11 Å². The first kappa shape index (κ1) is 15.2. The van der Waals surface area contributed by atoms with Gasteiger partial charge < -0.3 is 15.3 Å². The second-order valence-corrected chi connectivity index (χ2v) is 6.87. The van der Waals surface area contributed by atoms with E-state index in [0.717, 1.165) is 18.2 Å². The maximum Gasteiger partial charge on any atom is 0.335 e. The number of aromatic carboxylic acids is 1. The Morgan fingerprint density at radius 3 is 2.43 bits per heavy atom. The minimum atomic E-state index is -3.12. The highest BCUT2D eigenvalue weighted by atomic mass is 32.2. The van der Waals surface area contributed by atoms with Gasteiger partial charge in [0.15, 0.2) is 9.84 Å². The fourth-order valence-corrected chi connectivity index (χ4v) is 3.07. The number of hydrogen-bond acceptors (Lipinski definition) is 4. The molecule has 1 aromatic rings. The normalized spacial score (nSPS) is 17.3. The molecule has 21 heavy (non-hydrogen) atoms. The van der Waals surface area contributed by atoms with Crippen LogP contribution in [0, 0.1) is 5.82 Å². The van der Waals surface area contributed by atoms with Gasteiger partial charge in [-0.2, -0.15) is 0 Å². The molecule has 1 aromatic carbocycles. The number of nitrogens with zero attached hydrogens (tertiary/aromatic N) is 1. The molecule has 2 N–H and O–H groups in total. The number of carbonyl (C=O) groups is 2. The highest BCUT2D eigenvalue weighted by Crippen LogP contribution is 2.17. The molecule has 114 valence electrons. The topological polar surface area (TPSA) is 104 Å². The van der Waals surface area contributed by atoms with Gasteiger partial charge in [0, 0.05) is 13.1 Å². The maximum absolute atomic E-state index is 13.6. The van der Waals surface area contributed by atoms with Crippen LogP contribution in [-0.2, 0) is 9.84 Å². The summed E-state index contributed by atoms with van der Waals surface area (Å²) in [5, 5.41) is 11.1. The molecule has 7 nitrogen and oxygen atoms in total. The van der Waals surface area contributed by atoms with Gasteiger partial charge in [-0.1, -0.05) is 0 Å². The smallest absolute Gasteiger partial charge is 0.335 e. The summed E-state index contributed by atoms with van der Waals surface area (Å²) in [6, 6.07) is 2.38. The van der Waals surface area contributed by atoms with Crippen molar-refractivity contribution in [2.45, 2.75) is 0 Å². The maximum atomic E-state index is 13.6. The standard InChI is InChI=1S/C12H13FN2O5S/c13-9-2-1-8(11(16)17)7-10(9)14-12(18)15-3-5-21(19,20)6-4-15/h1-2,7H,3-6H2,(H,14,18)(H,16,17). The lowest BCUT2D eigenvalue weighted by Crippen LogP contribution is -2.45. The molecular weight excluding hydrogens is 303 g/mol. The van der Waals surface area contributed by atoms with E-state index >= 15 is 0 Å². The van der Waals surface area contributed by atoms with Crippen LogP contribution in [0.3, 0.4) is 0 Å². The molecule has 0 radical (unpaired) electrons. The van der Waals surface area contributed by atoms with Crippen LogP contribution in [0.15, 0.2) is 18.2 Å². The predicted octanol–water partition coefficient (Wildman–Crippen LogP) is 0.786.